The summed E-state index contributed by atoms with van der Waals surface area (Å²) in [5.41, 5.74) is 1.64. The van der Waals surface area contributed by atoms with Crippen LogP contribution in [0.3, 0.4) is 0 Å². The van der Waals surface area contributed by atoms with E-state index in [9.17, 15) is 9.59 Å². The van der Waals surface area contributed by atoms with Gasteiger partial charge in [0.1, 0.15) is 5.82 Å². The summed E-state index contributed by atoms with van der Waals surface area (Å²) in [6, 6.07) is 17.0. The summed E-state index contributed by atoms with van der Waals surface area (Å²) in [5, 5.41) is 11.8. The monoisotopic (exact) mass is 405 g/mol. The summed E-state index contributed by atoms with van der Waals surface area (Å²) in [6.07, 6.45) is 1.92. The maximum Gasteiger partial charge on any atom is 0.241 e. The van der Waals surface area contributed by atoms with Gasteiger partial charge in [0.05, 0.1) is 25.0 Å². The highest BCUT2D eigenvalue weighted by atomic mass is 16.2. The van der Waals surface area contributed by atoms with Gasteiger partial charge in [0.2, 0.25) is 11.8 Å². The number of aryl methyl sites for hydroxylation is 1. The Labute approximate surface area is 177 Å². The lowest BCUT2D eigenvalue weighted by Crippen LogP contribution is -2.46. The van der Waals surface area contributed by atoms with Gasteiger partial charge in [-0.05, 0) is 50.6 Å². The van der Waals surface area contributed by atoms with Crippen LogP contribution in [0.5, 0.6) is 0 Å². The molecule has 156 valence electrons. The molecule has 0 bridgehead atoms. The zero-order valence-corrected chi connectivity index (χ0v) is 17.3. The van der Waals surface area contributed by atoms with Crippen molar-refractivity contribution in [3.63, 3.8) is 0 Å². The fourth-order valence-electron chi connectivity index (χ4n) is 3.70. The summed E-state index contributed by atoms with van der Waals surface area (Å²) >= 11 is 0. The first-order valence-electron chi connectivity index (χ1n) is 10.3. The van der Waals surface area contributed by atoms with Crippen LogP contribution in [0.2, 0.25) is 0 Å². The molecule has 0 aliphatic carbocycles. The third kappa shape index (κ3) is 5.88. The van der Waals surface area contributed by atoms with Crippen molar-refractivity contribution in [2.45, 2.75) is 26.2 Å². The molecule has 2 amide bonds. The Bertz CT molecular complexity index is 909. The molecule has 1 saturated heterocycles. The molecule has 30 heavy (non-hydrogen) atoms. The number of piperidine rings is 1. The van der Waals surface area contributed by atoms with Gasteiger partial charge in [-0.25, -0.2) is 4.98 Å². The summed E-state index contributed by atoms with van der Waals surface area (Å²) < 4.78 is 0. The van der Waals surface area contributed by atoms with Gasteiger partial charge in [0.25, 0.3) is 0 Å². The molecule has 3 rings (SSSR count). The lowest BCUT2D eigenvalue weighted by Gasteiger charge is -2.33. The molecule has 7 heteroatoms. The number of pyridine rings is 1. The predicted molar refractivity (Wildman–Crippen MR) is 116 cm³/mol. The number of amides is 2. The first-order valence-corrected chi connectivity index (χ1v) is 10.3. The number of hydrogen-bond donors (Lipinski definition) is 1. The normalized spacial score (nSPS) is 16.5. The first kappa shape index (κ1) is 21.5. The van der Waals surface area contributed by atoms with E-state index in [1.54, 1.807) is 11.0 Å². The molecule has 1 aromatic carbocycles. The van der Waals surface area contributed by atoms with Gasteiger partial charge in [-0.3, -0.25) is 14.5 Å². The van der Waals surface area contributed by atoms with Crippen molar-refractivity contribution in [1.29, 1.82) is 5.26 Å². The number of hydrogen-bond acceptors (Lipinski definition) is 5. The lowest BCUT2D eigenvalue weighted by molar-refractivity contribution is -0.124. The quantitative estimate of drug-likeness (QED) is 0.765. The van der Waals surface area contributed by atoms with Gasteiger partial charge < -0.3 is 10.2 Å². The molecule has 1 fully saturated rings. The molecule has 1 aliphatic heterocycles. The van der Waals surface area contributed by atoms with E-state index < -0.39 is 0 Å². The minimum Gasteiger partial charge on any atom is -0.310 e. The van der Waals surface area contributed by atoms with Crippen molar-refractivity contribution in [3.8, 4) is 6.07 Å². The molecule has 2 heterocycles. The first-order chi connectivity index (χ1) is 14.6. The summed E-state index contributed by atoms with van der Waals surface area (Å²) in [6.45, 7) is 3.78. The highest BCUT2D eigenvalue weighted by molar-refractivity contribution is 5.95. The minimum absolute atomic E-state index is 0.0575. The third-order valence-corrected chi connectivity index (χ3v) is 5.19. The Kier molecular flexibility index (Phi) is 7.52. The van der Waals surface area contributed by atoms with Crippen LogP contribution in [0.15, 0.2) is 48.5 Å². The molecular weight excluding hydrogens is 378 g/mol. The van der Waals surface area contributed by atoms with Gasteiger partial charge in [0.15, 0.2) is 0 Å². The van der Waals surface area contributed by atoms with E-state index in [0.29, 0.717) is 18.9 Å². The molecule has 1 unspecified atom stereocenters. The standard InChI is InChI=1S/C23H27N5O2/c1-18-8-5-12-21(25-18)26-23(30)19-9-6-14-27(16-19)17-22(29)28(15-7-13-24)20-10-3-2-4-11-20/h2-5,8,10-12,19H,6-7,9,14-17H2,1H3,(H,25,26,30). The molecular formula is C23H27N5O2. The van der Waals surface area contributed by atoms with Crippen LogP contribution < -0.4 is 10.2 Å². The minimum atomic E-state index is -0.182. The molecule has 0 radical (unpaired) electrons. The number of anilines is 2. The average Bonchev–Trinajstić information content (AvgIpc) is 2.75. The number of likely N-dealkylation sites (tertiary alicyclic amines) is 1. The number of carbonyl (C=O) groups is 2. The van der Waals surface area contributed by atoms with Crippen molar-refractivity contribution >= 4 is 23.3 Å². The van der Waals surface area contributed by atoms with E-state index in [2.05, 4.69) is 16.4 Å². The maximum atomic E-state index is 13.0. The Balaban J connectivity index is 1.60. The van der Waals surface area contributed by atoms with Crippen LogP contribution >= 0.6 is 0 Å². The zero-order valence-electron chi connectivity index (χ0n) is 17.3. The van der Waals surface area contributed by atoms with Crippen LogP contribution in [-0.2, 0) is 9.59 Å². The zero-order chi connectivity index (χ0) is 21.3. The fourth-order valence-corrected chi connectivity index (χ4v) is 3.70. The summed E-state index contributed by atoms with van der Waals surface area (Å²) in [7, 11) is 0. The van der Waals surface area contributed by atoms with E-state index in [4.69, 9.17) is 5.26 Å². The molecule has 1 aromatic heterocycles. The number of carbonyl (C=O) groups excluding carboxylic acids is 2. The summed E-state index contributed by atoms with van der Waals surface area (Å²) in [4.78, 5) is 33.7. The number of nitrogens with zero attached hydrogens (tertiary/aromatic N) is 4. The second kappa shape index (κ2) is 10.5. The van der Waals surface area contributed by atoms with E-state index in [0.717, 1.165) is 30.8 Å². The van der Waals surface area contributed by atoms with Crippen molar-refractivity contribution in [3.05, 3.63) is 54.2 Å². The Morgan fingerprint density at radius 2 is 2.03 bits per heavy atom. The van der Waals surface area contributed by atoms with E-state index >= 15 is 0 Å². The Morgan fingerprint density at radius 1 is 1.23 bits per heavy atom. The number of aromatic nitrogens is 1. The third-order valence-electron chi connectivity index (χ3n) is 5.19. The number of rotatable bonds is 7. The molecule has 1 aliphatic rings. The van der Waals surface area contributed by atoms with E-state index in [1.807, 2.05) is 54.3 Å². The maximum absolute atomic E-state index is 13.0. The van der Waals surface area contributed by atoms with Crippen LogP contribution in [-0.4, -0.2) is 47.9 Å². The fraction of sp³-hybridized carbons (Fsp3) is 0.391. The lowest BCUT2D eigenvalue weighted by atomic mass is 9.97. The Morgan fingerprint density at radius 3 is 2.77 bits per heavy atom. The second-order valence-corrected chi connectivity index (χ2v) is 7.52. The highest BCUT2D eigenvalue weighted by Gasteiger charge is 2.28. The second-order valence-electron chi connectivity index (χ2n) is 7.52. The van der Waals surface area contributed by atoms with E-state index in [-0.39, 0.29) is 30.7 Å². The largest absolute Gasteiger partial charge is 0.310 e. The van der Waals surface area contributed by atoms with Crippen LogP contribution in [0, 0.1) is 24.2 Å². The molecule has 2 aromatic rings. The van der Waals surface area contributed by atoms with Crippen LogP contribution in [0.1, 0.15) is 25.0 Å². The van der Waals surface area contributed by atoms with Crippen molar-refractivity contribution < 1.29 is 9.59 Å². The summed E-state index contributed by atoms with van der Waals surface area (Å²) in [5.74, 6) is 0.255. The van der Waals surface area contributed by atoms with Gasteiger partial charge in [-0.15, -0.1) is 0 Å². The smallest absolute Gasteiger partial charge is 0.241 e. The van der Waals surface area contributed by atoms with Crippen LogP contribution in [0.25, 0.3) is 0 Å². The Hall–Kier alpha value is -3.24. The molecule has 0 spiro atoms. The van der Waals surface area contributed by atoms with Gasteiger partial charge in [-0.2, -0.15) is 5.26 Å². The van der Waals surface area contributed by atoms with Gasteiger partial charge in [-0.1, -0.05) is 24.3 Å². The number of benzene rings is 1. The molecule has 1 N–H and O–H groups in total. The van der Waals surface area contributed by atoms with Crippen molar-refractivity contribution in [1.82, 2.24) is 9.88 Å². The van der Waals surface area contributed by atoms with Crippen molar-refractivity contribution in [2.24, 2.45) is 5.92 Å². The topological polar surface area (TPSA) is 89.3 Å². The SMILES string of the molecule is Cc1cccc(NC(=O)C2CCCN(CC(=O)N(CCC#N)c3ccccc3)C2)n1. The van der Waals surface area contributed by atoms with Gasteiger partial charge in [0, 0.05) is 24.5 Å². The molecule has 0 saturated carbocycles. The average molecular weight is 406 g/mol. The molecule has 1 atom stereocenters. The predicted octanol–water partition coefficient (Wildman–Crippen LogP) is 2.99. The van der Waals surface area contributed by atoms with Gasteiger partial charge >= 0.3 is 0 Å². The number of nitrogens with one attached hydrogen (secondary N) is 1. The number of nitriles is 1. The highest BCUT2D eigenvalue weighted by Crippen LogP contribution is 2.20. The number of para-hydroxylation sites is 1. The van der Waals surface area contributed by atoms with Crippen LogP contribution in [0.4, 0.5) is 11.5 Å². The van der Waals surface area contributed by atoms with Crippen molar-refractivity contribution in [2.75, 3.05) is 36.4 Å². The molecule has 7 nitrogen and oxygen atoms in total. The van der Waals surface area contributed by atoms with E-state index in [1.165, 1.54) is 0 Å².